The Morgan fingerprint density at radius 3 is 2.70 bits per heavy atom. The van der Waals surface area contributed by atoms with Gasteiger partial charge in [0, 0.05) is 12.2 Å². The zero-order chi connectivity index (χ0) is 15.1. The Bertz CT molecular complexity index is 458. The molecule has 0 aromatic heterocycles. The maximum absolute atomic E-state index is 12.1. The van der Waals surface area contributed by atoms with Crippen molar-refractivity contribution in [2.75, 3.05) is 11.9 Å². The number of benzene rings is 1. The van der Waals surface area contributed by atoms with Gasteiger partial charge in [-0.25, -0.2) is 0 Å². The Kier molecular flexibility index (Phi) is 6.67. The topological polar surface area (TPSA) is 64.4 Å². The molecule has 4 nitrogen and oxygen atoms in total. The zero-order valence-electron chi connectivity index (χ0n) is 11.0. The first kappa shape index (κ1) is 16.7. The maximum atomic E-state index is 12.1. The van der Waals surface area contributed by atoms with Crippen molar-refractivity contribution in [3.63, 3.8) is 0 Å². The van der Waals surface area contributed by atoms with Crippen LogP contribution in [-0.4, -0.2) is 19.1 Å². The molecule has 1 aromatic rings. The Hall–Kier alpha value is -1.40. The average Bonchev–Trinajstić information content (AvgIpc) is 2.38. The second-order valence-electron chi connectivity index (χ2n) is 4.23. The molecular formula is C13H17ClF2N2O2. The highest BCUT2D eigenvalue weighted by molar-refractivity contribution is 6.32. The molecule has 0 heterocycles. The van der Waals surface area contributed by atoms with Crippen LogP contribution in [0.15, 0.2) is 18.2 Å². The van der Waals surface area contributed by atoms with Gasteiger partial charge in [-0.2, -0.15) is 8.78 Å². The molecule has 0 radical (unpaired) electrons. The van der Waals surface area contributed by atoms with E-state index in [2.05, 4.69) is 10.1 Å². The number of alkyl halides is 2. The van der Waals surface area contributed by atoms with Crippen molar-refractivity contribution in [2.24, 2.45) is 11.7 Å². The zero-order valence-corrected chi connectivity index (χ0v) is 11.8. The summed E-state index contributed by atoms with van der Waals surface area (Å²) < 4.78 is 28.4. The molecule has 0 aliphatic rings. The number of ether oxygens (including phenoxy) is 1. The fraction of sp³-hybridized carbons (Fsp3) is 0.462. The third-order valence-corrected chi connectivity index (χ3v) is 3.00. The minimum atomic E-state index is -2.95. The first-order valence-electron chi connectivity index (χ1n) is 6.23. The number of amides is 1. The molecule has 1 amide bonds. The normalized spacial score (nSPS) is 12.3. The maximum Gasteiger partial charge on any atom is 0.387 e. The summed E-state index contributed by atoms with van der Waals surface area (Å²) in [5.74, 6) is -0.632. The number of nitrogens with one attached hydrogen (secondary N) is 1. The average molecular weight is 307 g/mol. The predicted molar refractivity (Wildman–Crippen MR) is 74.2 cm³/mol. The van der Waals surface area contributed by atoms with Crippen LogP contribution in [0.3, 0.4) is 0 Å². The number of nitrogens with two attached hydrogens (primary N) is 1. The molecule has 0 saturated carbocycles. The molecule has 0 bridgehead atoms. The molecule has 20 heavy (non-hydrogen) atoms. The minimum Gasteiger partial charge on any atom is -0.433 e. The number of carbonyl (C=O) groups is 1. The van der Waals surface area contributed by atoms with Crippen LogP contribution < -0.4 is 15.8 Å². The first-order chi connectivity index (χ1) is 9.47. The summed E-state index contributed by atoms with van der Waals surface area (Å²) in [4.78, 5) is 11.9. The van der Waals surface area contributed by atoms with E-state index in [1.165, 1.54) is 18.2 Å². The van der Waals surface area contributed by atoms with Crippen molar-refractivity contribution in [3.05, 3.63) is 23.2 Å². The molecule has 0 aliphatic heterocycles. The molecule has 3 N–H and O–H groups in total. The van der Waals surface area contributed by atoms with Gasteiger partial charge in [0.25, 0.3) is 0 Å². The van der Waals surface area contributed by atoms with Crippen molar-refractivity contribution in [3.8, 4) is 5.75 Å². The molecule has 0 spiro atoms. The van der Waals surface area contributed by atoms with Gasteiger partial charge in [-0.05, 0) is 24.6 Å². The third kappa shape index (κ3) is 4.94. The van der Waals surface area contributed by atoms with E-state index in [9.17, 15) is 13.6 Å². The van der Waals surface area contributed by atoms with E-state index in [1.54, 1.807) is 0 Å². The first-order valence-corrected chi connectivity index (χ1v) is 6.61. The van der Waals surface area contributed by atoms with Gasteiger partial charge in [-0.15, -0.1) is 0 Å². The van der Waals surface area contributed by atoms with E-state index in [0.717, 1.165) is 6.42 Å². The summed E-state index contributed by atoms with van der Waals surface area (Å²) in [6, 6.07) is 4.08. The van der Waals surface area contributed by atoms with Crippen LogP contribution in [0.1, 0.15) is 19.8 Å². The number of halogens is 3. The molecule has 7 heteroatoms. The lowest BCUT2D eigenvalue weighted by molar-refractivity contribution is -0.119. The second kappa shape index (κ2) is 8.01. The molecule has 1 rings (SSSR count). The van der Waals surface area contributed by atoms with E-state index in [4.69, 9.17) is 17.3 Å². The largest absolute Gasteiger partial charge is 0.433 e. The van der Waals surface area contributed by atoms with Crippen molar-refractivity contribution in [2.45, 2.75) is 26.4 Å². The fourth-order valence-corrected chi connectivity index (χ4v) is 1.94. The summed E-state index contributed by atoms with van der Waals surface area (Å²) in [5, 5.41) is 2.66. The van der Waals surface area contributed by atoms with Gasteiger partial charge < -0.3 is 15.8 Å². The van der Waals surface area contributed by atoms with Gasteiger partial charge in [0.2, 0.25) is 5.91 Å². The Morgan fingerprint density at radius 2 is 2.20 bits per heavy atom. The standard InChI is InChI=1S/C13H17ClF2N2O2/c1-2-3-8(7-17)12(19)18-9-4-5-11(10(14)6-9)20-13(15)16/h4-6,8,13H,2-3,7,17H2,1H3,(H,18,19). The van der Waals surface area contributed by atoms with Crippen LogP contribution in [0, 0.1) is 5.92 Å². The highest BCUT2D eigenvalue weighted by Gasteiger charge is 2.16. The molecule has 1 unspecified atom stereocenters. The second-order valence-corrected chi connectivity index (χ2v) is 4.64. The number of carbonyl (C=O) groups excluding carboxylic acids is 1. The van der Waals surface area contributed by atoms with Crippen LogP contribution in [0.25, 0.3) is 0 Å². The van der Waals surface area contributed by atoms with Crippen molar-refractivity contribution >= 4 is 23.2 Å². The summed E-state index contributed by atoms with van der Waals surface area (Å²) in [7, 11) is 0. The summed E-state index contributed by atoms with van der Waals surface area (Å²) in [6.07, 6.45) is 1.53. The van der Waals surface area contributed by atoms with Gasteiger partial charge >= 0.3 is 6.61 Å². The van der Waals surface area contributed by atoms with Crippen LogP contribution in [0.4, 0.5) is 14.5 Å². The van der Waals surface area contributed by atoms with Crippen LogP contribution in [0.5, 0.6) is 5.75 Å². The Labute approximate surface area is 121 Å². The van der Waals surface area contributed by atoms with Crippen molar-refractivity contribution < 1.29 is 18.3 Å². The third-order valence-electron chi connectivity index (χ3n) is 2.71. The highest BCUT2D eigenvalue weighted by Crippen LogP contribution is 2.29. The van der Waals surface area contributed by atoms with Crippen LogP contribution >= 0.6 is 11.6 Å². The monoisotopic (exact) mass is 306 g/mol. The highest BCUT2D eigenvalue weighted by atomic mass is 35.5. The lowest BCUT2D eigenvalue weighted by Gasteiger charge is -2.14. The number of anilines is 1. The van der Waals surface area contributed by atoms with E-state index in [-0.39, 0.29) is 29.1 Å². The van der Waals surface area contributed by atoms with E-state index < -0.39 is 6.61 Å². The number of rotatable bonds is 7. The summed E-state index contributed by atoms with van der Waals surface area (Å²) in [5.41, 5.74) is 5.95. The van der Waals surface area contributed by atoms with Crippen LogP contribution in [0.2, 0.25) is 5.02 Å². The van der Waals surface area contributed by atoms with Crippen molar-refractivity contribution in [1.29, 1.82) is 0 Å². The fourth-order valence-electron chi connectivity index (χ4n) is 1.72. The number of hydrogen-bond donors (Lipinski definition) is 2. The van der Waals surface area contributed by atoms with E-state index >= 15 is 0 Å². The quantitative estimate of drug-likeness (QED) is 0.812. The smallest absolute Gasteiger partial charge is 0.387 e. The van der Waals surface area contributed by atoms with Gasteiger partial charge in [-0.1, -0.05) is 24.9 Å². The van der Waals surface area contributed by atoms with E-state index in [1.807, 2.05) is 6.92 Å². The molecule has 1 atom stereocenters. The van der Waals surface area contributed by atoms with Gasteiger partial charge in [-0.3, -0.25) is 4.79 Å². The summed E-state index contributed by atoms with van der Waals surface area (Å²) in [6.45, 7) is -0.734. The molecule has 0 fully saturated rings. The molecule has 0 saturated heterocycles. The van der Waals surface area contributed by atoms with Gasteiger partial charge in [0.15, 0.2) is 0 Å². The lowest BCUT2D eigenvalue weighted by atomic mass is 10.0. The lowest BCUT2D eigenvalue weighted by Crippen LogP contribution is -2.29. The van der Waals surface area contributed by atoms with E-state index in [0.29, 0.717) is 12.1 Å². The summed E-state index contributed by atoms with van der Waals surface area (Å²) >= 11 is 5.80. The van der Waals surface area contributed by atoms with Gasteiger partial charge in [0.05, 0.1) is 10.9 Å². The number of hydrogen-bond acceptors (Lipinski definition) is 3. The van der Waals surface area contributed by atoms with Crippen LogP contribution in [-0.2, 0) is 4.79 Å². The molecule has 1 aromatic carbocycles. The molecular weight excluding hydrogens is 290 g/mol. The Morgan fingerprint density at radius 1 is 1.50 bits per heavy atom. The Balaban J connectivity index is 2.73. The minimum absolute atomic E-state index is 0.00268. The SMILES string of the molecule is CCCC(CN)C(=O)Nc1ccc(OC(F)F)c(Cl)c1. The molecule has 112 valence electrons. The predicted octanol–water partition coefficient (Wildman–Crippen LogP) is 3.25. The molecule has 0 aliphatic carbocycles. The van der Waals surface area contributed by atoms with Gasteiger partial charge in [0.1, 0.15) is 5.75 Å². The van der Waals surface area contributed by atoms with Crippen molar-refractivity contribution in [1.82, 2.24) is 0 Å².